The van der Waals surface area contributed by atoms with Crippen molar-refractivity contribution in [2.75, 3.05) is 6.54 Å². The minimum absolute atomic E-state index is 0.261. The number of hydrogen-bond donors (Lipinski definition) is 0. The van der Waals surface area contributed by atoms with E-state index in [2.05, 4.69) is 6.92 Å². The molecule has 0 N–H and O–H groups in total. The fraction of sp³-hybridized carbons (Fsp3) is 0.556. The summed E-state index contributed by atoms with van der Waals surface area (Å²) in [6, 6.07) is 7.13. The molecule has 1 spiro atoms. The lowest BCUT2D eigenvalue weighted by Crippen LogP contribution is -2.39. The highest BCUT2D eigenvalue weighted by atomic mass is 32.2. The molecule has 0 aromatic heterocycles. The normalized spacial score (nSPS) is 21.7. The Bertz CT molecular complexity index is 668. The summed E-state index contributed by atoms with van der Waals surface area (Å²) in [6.45, 7) is 4.68. The Balaban J connectivity index is 1.88. The zero-order chi connectivity index (χ0) is 15.8. The summed E-state index contributed by atoms with van der Waals surface area (Å²) in [7, 11) is -3.41. The van der Waals surface area contributed by atoms with Gasteiger partial charge in [0.1, 0.15) is 0 Å². The molecule has 0 amide bonds. The van der Waals surface area contributed by atoms with Gasteiger partial charge in [0.05, 0.1) is 4.90 Å². The number of sulfonamides is 1. The van der Waals surface area contributed by atoms with Gasteiger partial charge < -0.3 is 0 Å². The van der Waals surface area contributed by atoms with E-state index in [9.17, 15) is 8.42 Å². The predicted octanol–water partition coefficient (Wildman–Crippen LogP) is 4.24. The van der Waals surface area contributed by atoms with Gasteiger partial charge in [-0.1, -0.05) is 42.5 Å². The van der Waals surface area contributed by atoms with Gasteiger partial charge in [-0.2, -0.15) is 0 Å². The molecule has 0 bridgehead atoms. The predicted molar refractivity (Wildman–Crippen MR) is 89.0 cm³/mol. The van der Waals surface area contributed by atoms with Crippen molar-refractivity contribution < 1.29 is 8.42 Å². The first-order valence-electron chi connectivity index (χ1n) is 8.22. The maximum absolute atomic E-state index is 12.8. The van der Waals surface area contributed by atoms with Gasteiger partial charge in [0, 0.05) is 12.7 Å². The molecule has 0 saturated heterocycles. The van der Waals surface area contributed by atoms with Gasteiger partial charge in [-0.25, -0.2) is 8.42 Å². The molecular formula is C18H25NO2S. The summed E-state index contributed by atoms with van der Waals surface area (Å²) in [5, 5.41) is 0. The van der Waals surface area contributed by atoms with Crippen molar-refractivity contribution in [2.45, 2.75) is 57.3 Å². The van der Waals surface area contributed by atoms with E-state index in [1.807, 2.05) is 25.3 Å². The Morgan fingerprint density at radius 3 is 2.18 bits per heavy atom. The molecule has 2 aliphatic rings. The second-order valence-electron chi connectivity index (χ2n) is 6.83. The maximum Gasteiger partial charge on any atom is 0.263 e. The van der Waals surface area contributed by atoms with E-state index in [1.165, 1.54) is 37.7 Å². The molecule has 3 nitrogen and oxygen atoms in total. The molecule has 1 aromatic carbocycles. The molecule has 1 heterocycles. The molecule has 1 saturated carbocycles. The smallest absolute Gasteiger partial charge is 0.263 e. The Hall–Kier alpha value is -1.29. The second-order valence-corrected chi connectivity index (χ2v) is 8.72. The van der Waals surface area contributed by atoms with E-state index in [1.54, 1.807) is 16.4 Å². The van der Waals surface area contributed by atoms with E-state index in [0.717, 1.165) is 12.0 Å². The SMILES string of the molecule is CC1=CN(S(=O)(=O)c2ccc(C)cc2)CCC12CCCCC2. The summed E-state index contributed by atoms with van der Waals surface area (Å²) < 4.78 is 27.1. The lowest BCUT2D eigenvalue weighted by atomic mass is 9.67. The van der Waals surface area contributed by atoms with Crippen LogP contribution in [0.3, 0.4) is 0 Å². The molecule has 1 aliphatic heterocycles. The summed E-state index contributed by atoms with van der Waals surface area (Å²) in [6.07, 6.45) is 9.15. The third-order valence-corrected chi connectivity index (χ3v) is 7.20. The first-order chi connectivity index (χ1) is 10.4. The molecule has 0 radical (unpaired) electrons. The van der Waals surface area contributed by atoms with Crippen molar-refractivity contribution in [2.24, 2.45) is 5.41 Å². The van der Waals surface area contributed by atoms with E-state index >= 15 is 0 Å². The van der Waals surface area contributed by atoms with Crippen LogP contribution in [0, 0.1) is 12.3 Å². The van der Waals surface area contributed by atoms with Crippen LogP contribution < -0.4 is 0 Å². The molecule has 1 aliphatic carbocycles. The molecule has 22 heavy (non-hydrogen) atoms. The third kappa shape index (κ3) is 2.69. The number of hydrogen-bond acceptors (Lipinski definition) is 2. The fourth-order valence-electron chi connectivity index (χ4n) is 3.85. The lowest BCUT2D eigenvalue weighted by Gasteiger charge is -2.43. The Morgan fingerprint density at radius 1 is 0.955 bits per heavy atom. The summed E-state index contributed by atoms with van der Waals surface area (Å²) in [5.41, 5.74) is 2.58. The van der Waals surface area contributed by atoms with Crippen LogP contribution >= 0.6 is 0 Å². The van der Waals surface area contributed by atoms with Gasteiger partial charge in [0.15, 0.2) is 0 Å². The minimum atomic E-state index is -3.41. The molecule has 3 rings (SSSR count). The highest BCUT2D eigenvalue weighted by Gasteiger charge is 2.38. The second kappa shape index (κ2) is 5.73. The van der Waals surface area contributed by atoms with Crippen LogP contribution in [0.4, 0.5) is 0 Å². The van der Waals surface area contributed by atoms with Crippen molar-refractivity contribution in [3.63, 3.8) is 0 Å². The molecular weight excluding hydrogens is 294 g/mol. The first-order valence-corrected chi connectivity index (χ1v) is 9.66. The van der Waals surface area contributed by atoms with E-state index in [4.69, 9.17) is 0 Å². The Kier molecular flexibility index (Phi) is 4.06. The molecule has 120 valence electrons. The van der Waals surface area contributed by atoms with Crippen LogP contribution in [0.25, 0.3) is 0 Å². The number of aryl methyl sites for hydroxylation is 1. The molecule has 1 fully saturated rings. The van der Waals surface area contributed by atoms with Crippen molar-refractivity contribution in [1.82, 2.24) is 4.31 Å². The number of nitrogens with zero attached hydrogens (tertiary/aromatic N) is 1. The zero-order valence-corrected chi connectivity index (χ0v) is 14.3. The Morgan fingerprint density at radius 2 is 1.59 bits per heavy atom. The summed E-state index contributed by atoms with van der Waals surface area (Å²) in [4.78, 5) is 0.391. The quantitative estimate of drug-likeness (QED) is 0.817. The van der Waals surface area contributed by atoms with E-state index in [0.29, 0.717) is 11.4 Å². The van der Waals surface area contributed by atoms with E-state index < -0.39 is 10.0 Å². The number of rotatable bonds is 2. The third-order valence-electron chi connectivity index (χ3n) is 5.42. The van der Waals surface area contributed by atoms with Crippen molar-refractivity contribution in [3.8, 4) is 0 Å². The van der Waals surface area contributed by atoms with Crippen LogP contribution in [0.2, 0.25) is 0 Å². The fourth-order valence-corrected chi connectivity index (χ4v) is 5.23. The highest BCUT2D eigenvalue weighted by molar-refractivity contribution is 7.89. The van der Waals surface area contributed by atoms with Crippen molar-refractivity contribution in [1.29, 1.82) is 0 Å². The van der Waals surface area contributed by atoms with Gasteiger partial charge in [-0.3, -0.25) is 4.31 Å². The monoisotopic (exact) mass is 319 g/mol. The van der Waals surface area contributed by atoms with Gasteiger partial charge >= 0.3 is 0 Å². The van der Waals surface area contributed by atoms with Crippen LogP contribution in [0.5, 0.6) is 0 Å². The minimum Gasteiger partial charge on any atom is -0.273 e. The van der Waals surface area contributed by atoms with E-state index in [-0.39, 0.29) is 5.41 Å². The van der Waals surface area contributed by atoms with Crippen LogP contribution in [-0.4, -0.2) is 19.3 Å². The van der Waals surface area contributed by atoms with Gasteiger partial charge in [0.25, 0.3) is 10.0 Å². The first kappa shape index (κ1) is 15.6. The molecule has 0 atom stereocenters. The van der Waals surface area contributed by atoms with Crippen LogP contribution in [0.15, 0.2) is 40.9 Å². The largest absolute Gasteiger partial charge is 0.273 e. The highest BCUT2D eigenvalue weighted by Crippen LogP contribution is 2.47. The topological polar surface area (TPSA) is 37.4 Å². The number of benzene rings is 1. The van der Waals surface area contributed by atoms with Gasteiger partial charge in [0.2, 0.25) is 0 Å². The lowest BCUT2D eigenvalue weighted by molar-refractivity contribution is 0.193. The Labute approximate surface area is 134 Å². The molecule has 0 unspecified atom stereocenters. The van der Waals surface area contributed by atoms with Crippen molar-refractivity contribution in [3.05, 3.63) is 41.6 Å². The van der Waals surface area contributed by atoms with Crippen molar-refractivity contribution >= 4 is 10.0 Å². The molecule has 4 heteroatoms. The molecule has 1 aromatic rings. The number of allylic oxidation sites excluding steroid dienone is 1. The van der Waals surface area contributed by atoms with Gasteiger partial charge in [-0.05, 0) is 50.7 Å². The van der Waals surface area contributed by atoms with Crippen LogP contribution in [0.1, 0.15) is 51.0 Å². The average Bonchev–Trinajstić information content (AvgIpc) is 2.51. The maximum atomic E-state index is 12.8. The average molecular weight is 319 g/mol. The summed E-state index contributed by atoms with van der Waals surface area (Å²) >= 11 is 0. The van der Waals surface area contributed by atoms with Crippen LogP contribution in [-0.2, 0) is 10.0 Å². The standard InChI is InChI=1S/C18H25NO2S/c1-15-6-8-17(9-7-15)22(20,21)19-13-12-18(16(2)14-19)10-4-3-5-11-18/h6-9,14H,3-5,10-13H2,1-2H3. The van der Waals surface area contributed by atoms with Gasteiger partial charge in [-0.15, -0.1) is 0 Å². The zero-order valence-electron chi connectivity index (χ0n) is 13.5. The summed E-state index contributed by atoms with van der Waals surface area (Å²) in [5.74, 6) is 0.